The molecule has 4 rings (SSSR count). The van der Waals surface area contributed by atoms with Crippen molar-refractivity contribution < 1.29 is 4.52 Å². The molecule has 0 saturated carbocycles. The zero-order valence-electron chi connectivity index (χ0n) is 13.5. The number of hydrogen-bond donors (Lipinski definition) is 0. The lowest BCUT2D eigenvalue weighted by Crippen LogP contribution is -2.21. The molecule has 4 aromatic rings. The second kappa shape index (κ2) is 5.20. The Balaban J connectivity index is 1.77. The maximum atomic E-state index is 12.7. The highest BCUT2D eigenvalue weighted by Crippen LogP contribution is 2.28. The summed E-state index contributed by atoms with van der Waals surface area (Å²) in [5, 5.41) is 4.86. The fourth-order valence-electron chi connectivity index (χ4n) is 2.39. The smallest absolute Gasteiger partial charge is 0.271 e. The summed E-state index contributed by atoms with van der Waals surface area (Å²) in [6.07, 6.45) is 3.24. The molecule has 8 heteroatoms. The third-order valence-corrected chi connectivity index (χ3v) is 4.73. The molecule has 0 spiro atoms. The van der Waals surface area contributed by atoms with Crippen LogP contribution >= 0.6 is 11.3 Å². The van der Waals surface area contributed by atoms with Crippen LogP contribution in [0.2, 0.25) is 0 Å². The van der Waals surface area contributed by atoms with Crippen LogP contribution in [0, 0.1) is 0 Å². The van der Waals surface area contributed by atoms with Gasteiger partial charge in [-0.15, -0.1) is 11.3 Å². The molecular weight excluding hydrogens is 326 g/mol. The van der Waals surface area contributed by atoms with Crippen molar-refractivity contribution in [1.29, 1.82) is 0 Å². The monoisotopic (exact) mass is 341 g/mol. The second-order valence-corrected chi connectivity index (χ2v) is 7.58. The number of hydrogen-bond acceptors (Lipinski definition) is 7. The van der Waals surface area contributed by atoms with Crippen LogP contribution in [0.1, 0.15) is 32.5 Å². The highest BCUT2D eigenvalue weighted by atomic mass is 32.1. The van der Waals surface area contributed by atoms with Gasteiger partial charge < -0.3 is 4.52 Å². The lowest BCUT2D eigenvalue weighted by molar-refractivity contribution is 0.318. The van der Waals surface area contributed by atoms with E-state index in [1.165, 1.54) is 22.2 Å². The first-order valence-corrected chi connectivity index (χ1v) is 8.31. The third kappa shape index (κ3) is 2.39. The molecule has 0 bridgehead atoms. The number of nitrogens with zero attached hydrogens (tertiary/aromatic N) is 5. The van der Waals surface area contributed by atoms with E-state index in [2.05, 4.69) is 20.1 Å². The highest BCUT2D eigenvalue weighted by Gasteiger charge is 2.22. The van der Waals surface area contributed by atoms with Gasteiger partial charge >= 0.3 is 0 Å². The molecule has 0 atom stereocenters. The molecule has 0 radical (unpaired) electrons. The summed E-state index contributed by atoms with van der Waals surface area (Å²) in [5.41, 5.74) is 0.341. The molecule has 7 nitrogen and oxygen atoms in total. The van der Waals surface area contributed by atoms with Gasteiger partial charge in [0.2, 0.25) is 5.89 Å². The molecule has 0 unspecified atom stereocenters. The van der Waals surface area contributed by atoms with Crippen LogP contribution in [-0.2, 0) is 12.0 Å². The maximum absolute atomic E-state index is 12.7. The summed E-state index contributed by atoms with van der Waals surface area (Å²) in [6, 6.07) is 3.77. The van der Waals surface area contributed by atoms with Gasteiger partial charge in [-0.25, -0.2) is 9.97 Å². The minimum absolute atomic E-state index is 0.120. The largest absolute Gasteiger partial charge is 0.339 e. The Morgan fingerprint density at radius 1 is 1.29 bits per heavy atom. The van der Waals surface area contributed by atoms with Gasteiger partial charge in [0.25, 0.3) is 5.56 Å². The van der Waals surface area contributed by atoms with Crippen LogP contribution in [0.25, 0.3) is 20.4 Å². The summed E-state index contributed by atoms with van der Waals surface area (Å²) < 4.78 is 7.36. The Bertz CT molecular complexity index is 1100. The third-order valence-electron chi connectivity index (χ3n) is 3.64. The number of rotatable bonds is 2. The molecule has 24 heavy (non-hydrogen) atoms. The van der Waals surface area contributed by atoms with Gasteiger partial charge in [-0.1, -0.05) is 25.9 Å². The van der Waals surface area contributed by atoms with Gasteiger partial charge in [-0.05, 0) is 12.1 Å². The molecule has 0 fully saturated rings. The predicted octanol–water partition coefficient (Wildman–Crippen LogP) is 2.74. The second-order valence-electron chi connectivity index (χ2n) is 6.58. The molecule has 4 aromatic heterocycles. The van der Waals surface area contributed by atoms with E-state index in [0.717, 1.165) is 10.2 Å². The van der Waals surface area contributed by atoms with E-state index in [1.54, 1.807) is 6.20 Å². The average Bonchev–Trinajstić information content (AvgIpc) is 3.15. The first-order chi connectivity index (χ1) is 11.4. The van der Waals surface area contributed by atoms with Crippen LogP contribution in [-0.4, -0.2) is 24.7 Å². The van der Waals surface area contributed by atoms with Crippen molar-refractivity contribution in [2.75, 3.05) is 0 Å². The fourth-order valence-corrected chi connectivity index (χ4v) is 3.44. The summed E-state index contributed by atoms with van der Waals surface area (Å²) in [5.74, 6) is 1.01. The quantitative estimate of drug-likeness (QED) is 0.557. The molecule has 0 amide bonds. The SMILES string of the molecule is CC(C)(C)c1nc(Cn2cnc3c(sc4ncccc43)c2=O)no1. The zero-order valence-corrected chi connectivity index (χ0v) is 14.3. The first kappa shape index (κ1) is 14.9. The van der Waals surface area contributed by atoms with E-state index < -0.39 is 0 Å². The van der Waals surface area contributed by atoms with Crippen LogP contribution in [0.5, 0.6) is 0 Å². The number of thiophene rings is 1. The van der Waals surface area contributed by atoms with Gasteiger partial charge in [0.1, 0.15) is 9.53 Å². The molecule has 0 aliphatic carbocycles. The fraction of sp³-hybridized carbons (Fsp3) is 0.312. The van der Waals surface area contributed by atoms with E-state index >= 15 is 0 Å². The molecule has 0 aliphatic rings. The zero-order chi connectivity index (χ0) is 16.9. The van der Waals surface area contributed by atoms with E-state index in [4.69, 9.17) is 4.52 Å². The Morgan fingerprint density at radius 2 is 2.12 bits per heavy atom. The van der Waals surface area contributed by atoms with Crippen LogP contribution in [0.15, 0.2) is 34.0 Å². The lowest BCUT2D eigenvalue weighted by Gasteiger charge is -2.10. The Morgan fingerprint density at radius 3 is 2.88 bits per heavy atom. The molecule has 4 heterocycles. The molecule has 0 saturated heterocycles. The first-order valence-electron chi connectivity index (χ1n) is 7.49. The lowest BCUT2D eigenvalue weighted by atomic mass is 9.97. The number of fused-ring (bicyclic) bond motifs is 3. The van der Waals surface area contributed by atoms with Crippen LogP contribution < -0.4 is 5.56 Å². The topological polar surface area (TPSA) is 86.7 Å². The summed E-state index contributed by atoms with van der Waals surface area (Å²) in [6.45, 7) is 6.21. The molecular formula is C16H15N5O2S. The van der Waals surface area contributed by atoms with Gasteiger partial charge in [0.05, 0.1) is 18.4 Å². The maximum Gasteiger partial charge on any atom is 0.271 e. The molecule has 0 aromatic carbocycles. The van der Waals surface area contributed by atoms with Crippen molar-refractivity contribution in [1.82, 2.24) is 24.7 Å². The standard InChI is InChI=1S/C16H15N5O2S/c1-16(2,3)15-19-10(20-23-15)7-21-8-18-11-9-5-4-6-17-13(9)24-12(11)14(21)22/h4-6,8H,7H2,1-3H3. The van der Waals surface area contributed by atoms with E-state index in [9.17, 15) is 4.79 Å². The van der Waals surface area contributed by atoms with Gasteiger partial charge in [0.15, 0.2) is 5.82 Å². The van der Waals surface area contributed by atoms with Crippen molar-refractivity contribution in [3.8, 4) is 0 Å². The molecule has 0 aliphatic heterocycles. The van der Waals surface area contributed by atoms with E-state index in [1.807, 2.05) is 32.9 Å². The Labute approximate surface area is 141 Å². The molecule has 122 valence electrons. The van der Waals surface area contributed by atoms with Crippen molar-refractivity contribution in [3.05, 3.63) is 46.7 Å². The number of pyridine rings is 1. The summed E-state index contributed by atoms with van der Waals surface area (Å²) in [7, 11) is 0. The average molecular weight is 341 g/mol. The van der Waals surface area contributed by atoms with Crippen LogP contribution in [0.4, 0.5) is 0 Å². The van der Waals surface area contributed by atoms with Crippen molar-refractivity contribution in [2.45, 2.75) is 32.7 Å². The minimum atomic E-state index is -0.227. The Hall–Kier alpha value is -2.61. The van der Waals surface area contributed by atoms with E-state index in [-0.39, 0.29) is 17.5 Å². The Kier molecular flexibility index (Phi) is 3.24. The van der Waals surface area contributed by atoms with Gasteiger partial charge in [-0.3, -0.25) is 9.36 Å². The van der Waals surface area contributed by atoms with Crippen molar-refractivity contribution >= 4 is 31.8 Å². The van der Waals surface area contributed by atoms with Crippen molar-refractivity contribution in [3.63, 3.8) is 0 Å². The molecule has 0 N–H and O–H groups in total. The normalized spacial score (nSPS) is 12.3. The highest BCUT2D eigenvalue weighted by molar-refractivity contribution is 7.25. The minimum Gasteiger partial charge on any atom is -0.339 e. The summed E-state index contributed by atoms with van der Waals surface area (Å²) >= 11 is 1.35. The van der Waals surface area contributed by atoms with Gasteiger partial charge in [-0.2, -0.15) is 4.98 Å². The predicted molar refractivity (Wildman–Crippen MR) is 91.3 cm³/mol. The van der Waals surface area contributed by atoms with Gasteiger partial charge in [0, 0.05) is 17.0 Å². The summed E-state index contributed by atoms with van der Waals surface area (Å²) in [4.78, 5) is 26.6. The van der Waals surface area contributed by atoms with E-state index in [0.29, 0.717) is 21.9 Å². The van der Waals surface area contributed by atoms with Crippen molar-refractivity contribution in [2.24, 2.45) is 0 Å². The van der Waals surface area contributed by atoms with Crippen LogP contribution in [0.3, 0.4) is 0 Å². The number of aromatic nitrogens is 5.